The maximum absolute atomic E-state index is 12.0. The van der Waals surface area contributed by atoms with Crippen LogP contribution in [-0.2, 0) is 4.79 Å². The molecule has 6 nitrogen and oxygen atoms in total. The molecule has 20 heavy (non-hydrogen) atoms. The fraction of sp³-hybridized carbons (Fsp3) is 0.429. The Bertz CT molecular complexity index is 547. The summed E-state index contributed by atoms with van der Waals surface area (Å²) < 4.78 is 10.6. The molecule has 1 aromatic carbocycles. The molecule has 1 aromatic rings. The fourth-order valence-corrected chi connectivity index (χ4v) is 1.75. The number of amides is 1. The second kappa shape index (κ2) is 5.03. The molecular formula is C14H17NO5. The number of carboxylic acids is 1. The van der Waals surface area contributed by atoms with Crippen LogP contribution in [0.5, 0.6) is 11.5 Å². The van der Waals surface area contributed by atoms with Gasteiger partial charge in [0.05, 0.1) is 0 Å². The van der Waals surface area contributed by atoms with E-state index in [1.807, 2.05) is 20.8 Å². The minimum Gasteiger partial charge on any atom is -0.485 e. The number of hydrogen-bond acceptors (Lipinski definition) is 4. The number of carbonyl (C=O) groups excluding carboxylic acids is 1. The van der Waals surface area contributed by atoms with E-state index in [-0.39, 0.29) is 18.1 Å². The van der Waals surface area contributed by atoms with Crippen LogP contribution >= 0.6 is 0 Å². The first-order valence-corrected chi connectivity index (χ1v) is 6.25. The Balaban J connectivity index is 2.17. The first-order chi connectivity index (χ1) is 9.26. The van der Waals surface area contributed by atoms with E-state index in [2.05, 4.69) is 5.32 Å². The third kappa shape index (κ3) is 3.20. The van der Waals surface area contributed by atoms with Crippen molar-refractivity contribution in [1.29, 1.82) is 0 Å². The van der Waals surface area contributed by atoms with E-state index in [0.717, 1.165) is 0 Å². The Kier molecular flexibility index (Phi) is 3.57. The molecule has 2 N–H and O–H groups in total. The maximum Gasteiger partial charge on any atom is 0.348 e. The molecule has 0 saturated carbocycles. The molecular weight excluding hydrogens is 262 g/mol. The van der Waals surface area contributed by atoms with Gasteiger partial charge in [-0.2, -0.15) is 0 Å². The number of aliphatic carboxylic acids is 1. The molecule has 2 rings (SSSR count). The highest BCUT2D eigenvalue weighted by Gasteiger charge is 2.27. The van der Waals surface area contributed by atoms with Gasteiger partial charge in [-0.1, -0.05) is 0 Å². The van der Waals surface area contributed by atoms with Gasteiger partial charge in [-0.05, 0) is 39.0 Å². The van der Waals surface area contributed by atoms with Crippen molar-refractivity contribution in [3.8, 4) is 11.5 Å². The topological polar surface area (TPSA) is 84.9 Å². The summed E-state index contributed by atoms with van der Waals surface area (Å²) in [5.74, 6) is -0.588. The smallest absolute Gasteiger partial charge is 0.348 e. The molecule has 0 aliphatic carbocycles. The number of ether oxygens (including phenoxy) is 2. The van der Waals surface area contributed by atoms with Crippen molar-refractivity contribution in [2.24, 2.45) is 0 Å². The molecule has 0 spiro atoms. The van der Waals surface area contributed by atoms with Gasteiger partial charge in [-0.15, -0.1) is 0 Å². The molecule has 1 aliphatic heterocycles. The number of fused-ring (bicyclic) bond motifs is 1. The van der Waals surface area contributed by atoms with Crippen LogP contribution in [-0.4, -0.2) is 35.2 Å². The van der Waals surface area contributed by atoms with E-state index < -0.39 is 12.1 Å². The average molecular weight is 279 g/mol. The summed E-state index contributed by atoms with van der Waals surface area (Å²) in [6, 6.07) is 4.67. The standard InChI is InChI=1S/C14H17NO5/c1-14(2,3)15-12(16)8-4-5-9-10(6-8)19-7-11(20-9)13(17)18/h4-6,11H,7H2,1-3H3,(H,15,16)(H,17,18). The SMILES string of the molecule is CC(C)(C)NC(=O)c1ccc2c(c1)OCC(C(=O)O)O2. The zero-order chi connectivity index (χ0) is 14.9. The van der Waals surface area contributed by atoms with Gasteiger partial charge in [-0.25, -0.2) is 4.79 Å². The molecule has 0 bridgehead atoms. The summed E-state index contributed by atoms with van der Waals surface area (Å²) in [6.07, 6.45) is -1.02. The van der Waals surface area contributed by atoms with Crippen molar-refractivity contribution in [3.05, 3.63) is 23.8 Å². The lowest BCUT2D eigenvalue weighted by atomic mass is 10.1. The van der Waals surface area contributed by atoms with Gasteiger partial charge < -0.3 is 19.9 Å². The van der Waals surface area contributed by atoms with Gasteiger partial charge >= 0.3 is 5.97 Å². The molecule has 1 aliphatic rings. The molecule has 0 fully saturated rings. The Morgan fingerprint density at radius 2 is 2.00 bits per heavy atom. The monoisotopic (exact) mass is 279 g/mol. The lowest BCUT2D eigenvalue weighted by molar-refractivity contribution is -0.147. The van der Waals surface area contributed by atoms with Gasteiger partial charge in [-0.3, -0.25) is 4.79 Å². The van der Waals surface area contributed by atoms with Gasteiger partial charge in [0.1, 0.15) is 6.61 Å². The average Bonchev–Trinajstić information content (AvgIpc) is 2.35. The van der Waals surface area contributed by atoms with Crippen molar-refractivity contribution in [2.45, 2.75) is 32.4 Å². The van der Waals surface area contributed by atoms with E-state index in [1.54, 1.807) is 18.2 Å². The molecule has 108 valence electrons. The summed E-state index contributed by atoms with van der Waals surface area (Å²) in [4.78, 5) is 22.8. The van der Waals surface area contributed by atoms with Crippen LogP contribution in [0.25, 0.3) is 0 Å². The summed E-state index contributed by atoms with van der Waals surface area (Å²) in [7, 11) is 0. The minimum absolute atomic E-state index is 0.0767. The molecule has 0 radical (unpaired) electrons. The molecule has 1 unspecified atom stereocenters. The highest BCUT2D eigenvalue weighted by Crippen LogP contribution is 2.32. The predicted octanol–water partition coefficient (Wildman–Crippen LogP) is 1.44. The number of carboxylic acid groups (broad SMARTS) is 1. The van der Waals surface area contributed by atoms with Crippen LogP contribution in [0.15, 0.2) is 18.2 Å². The largest absolute Gasteiger partial charge is 0.485 e. The molecule has 1 amide bonds. The Morgan fingerprint density at radius 1 is 1.30 bits per heavy atom. The highest BCUT2D eigenvalue weighted by atomic mass is 16.6. The number of benzene rings is 1. The van der Waals surface area contributed by atoms with Gasteiger partial charge in [0.25, 0.3) is 5.91 Å². The summed E-state index contributed by atoms with van der Waals surface area (Å²) >= 11 is 0. The molecule has 6 heteroatoms. The van der Waals surface area contributed by atoms with Gasteiger partial charge in [0, 0.05) is 11.1 Å². The first kappa shape index (κ1) is 14.2. The zero-order valence-electron chi connectivity index (χ0n) is 11.6. The van der Waals surface area contributed by atoms with Crippen molar-refractivity contribution in [2.75, 3.05) is 6.61 Å². The molecule has 1 heterocycles. The molecule has 0 aromatic heterocycles. The first-order valence-electron chi connectivity index (χ1n) is 6.25. The predicted molar refractivity (Wildman–Crippen MR) is 71.2 cm³/mol. The number of hydrogen-bond donors (Lipinski definition) is 2. The fourth-order valence-electron chi connectivity index (χ4n) is 1.75. The number of carbonyl (C=O) groups is 2. The van der Waals surface area contributed by atoms with Crippen LogP contribution < -0.4 is 14.8 Å². The van der Waals surface area contributed by atoms with Crippen molar-refractivity contribution >= 4 is 11.9 Å². The summed E-state index contributed by atoms with van der Waals surface area (Å²) in [5.41, 5.74) is 0.106. The van der Waals surface area contributed by atoms with E-state index in [1.165, 1.54) is 0 Å². The van der Waals surface area contributed by atoms with Crippen molar-refractivity contribution < 1.29 is 24.2 Å². The van der Waals surface area contributed by atoms with Crippen LogP contribution in [0.2, 0.25) is 0 Å². The Morgan fingerprint density at radius 3 is 2.60 bits per heavy atom. The molecule has 1 atom stereocenters. The van der Waals surface area contributed by atoms with Crippen LogP contribution in [0, 0.1) is 0 Å². The second-order valence-corrected chi connectivity index (χ2v) is 5.62. The van der Waals surface area contributed by atoms with E-state index >= 15 is 0 Å². The van der Waals surface area contributed by atoms with E-state index in [9.17, 15) is 9.59 Å². The third-order valence-corrected chi connectivity index (χ3v) is 2.63. The summed E-state index contributed by atoms with van der Waals surface area (Å²) in [5, 5.41) is 11.7. The Labute approximate surface area is 116 Å². The lowest BCUT2D eigenvalue weighted by Gasteiger charge is -2.25. The van der Waals surface area contributed by atoms with Crippen LogP contribution in [0.1, 0.15) is 31.1 Å². The Hall–Kier alpha value is -2.24. The molecule has 0 saturated heterocycles. The van der Waals surface area contributed by atoms with Crippen molar-refractivity contribution in [3.63, 3.8) is 0 Å². The highest BCUT2D eigenvalue weighted by molar-refractivity contribution is 5.95. The van der Waals surface area contributed by atoms with Crippen LogP contribution in [0.4, 0.5) is 0 Å². The summed E-state index contributed by atoms with van der Waals surface area (Å²) in [6.45, 7) is 5.59. The van der Waals surface area contributed by atoms with Gasteiger partial charge in [0.15, 0.2) is 11.5 Å². The van der Waals surface area contributed by atoms with Crippen LogP contribution in [0.3, 0.4) is 0 Å². The van der Waals surface area contributed by atoms with E-state index in [4.69, 9.17) is 14.6 Å². The normalized spacial score (nSPS) is 17.4. The van der Waals surface area contributed by atoms with Crippen molar-refractivity contribution in [1.82, 2.24) is 5.32 Å². The number of rotatable bonds is 2. The zero-order valence-corrected chi connectivity index (χ0v) is 11.6. The maximum atomic E-state index is 12.0. The lowest BCUT2D eigenvalue weighted by Crippen LogP contribution is -2.40. The second-order valence-electron chi connectivity index (χ2n) is 5.62. The van der Waals surface area contributed by atoms with E-state index in [0.29, 0.717) is 17.1 Å². The van der Waals surface area contributed by atoms with Gasteiger partial charge in [0.2, 0.25) is 6.10 Å². The number of nitrogens with one attached hydrogen (secondary N) is 1. The minimum atomic E-state index is -1.08. The third-order valence-electron chi connectivity index (χ3n) is 2.63. The quantitative estimate of drug-likeness (QED) is 0.855.